The minimum atomic E-state index is 0.0213. The first kappa shape index (κ1) is 18.4. The van der Waals surface area contributed by atoms with E-state index in [-0.39, 0.29) is 17.4 Å². The predicted molar refractivity (Wildman–Crippen MR) is 109 cm³/mol. The minimum absolute atomic E-state index is 0.0213. The molecule has 1 amide bonds. The summed E-state index contributed by atoms with van der Waals surface area (Å²) in [6, 6.07) is 13.5. The first-order chi connectivity index (χ1) is 13.5. The highest BCUT2D eigenvalue weighted by atomic mass is 32.2. The van der Waals surface area contributed by atoms with Crippen LogP contribution in [0.5, 0.6) is 0 Å². The maximum Gasteiger partial charge on any atom is 0.224 e. The third-order valence-electron chi connectivity index (χ3n) is 4.81. The number of nitrogens with zero attached hydrogens (tertiary/aromatic N) is 3. The lowest BCUT2D eigenvalue weighted by Crippen LogP contribution is -2.19. The number of hydrogen-bond acceptors (Lipinski definition) is 5. The van der Waals surface area contributed by atoms with Gasteiger partial charge in [0.2, 0.25) is 5.91 Å². The van der Waals surface area contributed by atoms with Gasteiger partial charge in [-0.2, -0.15) is 0 Å². The number of rotatable bonds is 5. The largest absolute Gasteiger partial charge is 0.326 e. The molecule has 3 aromatic rings. The number of benzene rings is 2. The van der Waals surface area contributed by atoms with E-state index >= 15 is 0 Å². The molecule has 1 N–H and O–H groups in total. The summed E-state index contributed by atoms with van der Waals surface area (Å²) < 4.78 is 1.98. The molecule has 2 aromatic carbocycles. The molecule has 4 rings (SSSR count). The van der Waals surface area contributed by atoms with Gasteiger partial charge in [0.05, 0.1) is 11.4 Å². The fraction of sp³-hybridized carbons (Fsp3) is 0.238. The molecule has 0 saturated heterocycles. The van der Waals surface area contributed by atoms with E-state index in [1.54, 1.807) is 6.07 Å². The highest BCUT2D eigenvalue weighted by Gasteiger charge is 2.18. The van der Waals surface area contributed by atoms with Crippen molar-refractivity contribution in [1.29, 1.82) is 0 Å². The third-order valence-corrected chi connectivity index (χ3v) is 5.74. The monoisotopic (exact) mass is 392 g/mol. The summed E-state index contributed by atoms with van der Waals surface area (Å²) >= 11 is 1.38. The Morgan fingerprint density at radius 3 is 2.79 bits per heavy atom. The number of aromatic nitrogens is 3. The Morgan fingerprint density at radius 2 is 1.96 bits per heavy atom. The van der Waals surface area contributed by atoms with Crippen molar-refractivity contribution < 1.29 is 9.59 Å². The van der Waals surface area contributed by atoms with Gasteiger partial charge in [-0.1, -0.05) is 30.0 Å². The van der Waals surface area contributed by atoms with Gasteiger partial charge in [-0.25, -0.2) is 0 Å². The van der Waals surface area contributed by atoms with E-state index in [1.165, 1.54) is 11.8 Å². The average molecular weight is 392 g/mol. The van der Waals surface area contributed by atoms with Crippen LogP contribution in [0.2, 0.25) is 0 Å². The molecule has 0 unspecified atom stereocenters. The molecule has 0 bridgehead atoms. The van der Waals surface area contributed by atoms with Crippen molar-refractivity contribution in [3.05, 3.63) is 65.0 Å². The second kappa shape index (κ2) is 7.59. The lowest BCUT2D eigenvalue weighted by Gasteiger charge is -2.17. The van der Waals surface area contributed by atoms with Crippen LogP contribution >= 0.6 is 11.8 Å². The second-order valence-corrected chi connectivity index (χ2v) is 7.73. The Hall–Kier alpha value is -2.93. The van der Waals surface area contributed by atoms with Gasteiger partial charge in [-0.3, -0.25) is 14.2 Å². The quantitative estimate of drug-likeness (QED) is 0.529. The van der Waals surface area contributed by atoms with Gasteiger partial charge in [0.25, 0.3) is 0 Å². The molecule has 0 saturated carbocycles. The van der Waals surface area contributed by atoms with Crippen molar-refractivity contribution in [3.8, 4) is 5.69 Å². The molecule has 0 fully saturated rings. The van der Waals surface area contributed by atoms with Crippen molar-refractivity contribution in [2.75, 3.05) is 11.1 Å². The Bertz CT molecular complexity index is 1070. The average Bonchev–Trinajstić information content (AvgIpc) is 3.06. The zero-order valence-electron chi connectivity index (χ0n) is 15.7. The molecule has 0 spiro atoms. The van der Waals surface area contributed by atoms with Gasteiger partial charge in [-0.15, -0.1) is 10.2 Å². The number of nitrogens with one attached hydrogen (secondary N) is 1. The fourth-order valence-corrected chi connectivity index (χ4v) is 4.18. The summed E-state index contributed by atoms with van der Waals surface area (Å²) in [5.41, 5.74) is 4.60. The van der Waals surface area contributed by atoms with Gasteiger partial charge >= 0.3 is 0 Å². The summed E-state index contributed by atoms with van der Waals surface area (Å²) in [5.74, 6) is 1.11. The zero-order chi connectivity index (χ0) is 19.7. The number of thioether (sulfide) groups is 1. The molecule has 1 aromatic heterocycles. The first-order valence-electron chi connectivity index (χ1n) is 9.10. The Labute approximate surface area is 167 Å². The number of amides is 1. The Balaban J connectivity index is 1.52. The molecule has 28 heavy (non-hydrogen) atoms. The first-order valence-corrected chi connectivity index (χ1v) is 10.1. The smallest absolute Gasteiger partial charge is 0.224 e. The number of carbonyl (C=O) groups is 2. The Morgan fingerprint density at radius 1 is 1.14 bits per heavy atom. The van der Waals surface area contributed by atoms with Gasteiger partial charge < -0.3 is 5.32 Å². The van der Waals surface area contributed by atoms with Crippen molar-refractivity contribution in [1.82, 2.24) is 14.8 Å². The van der Waals surface area contributed by atoms with Gasteiger partial charge in [0.1, 0.15) is 5.82 Å². The zero-order valence-corrected chi connectivity index (χ0v) is 16.5. The highest BCUT2D eigenvalue weighted by molar-refractivity contribution is 7.99. The molecule has 1 aliphatic heterocycles. The van der Waals surface area contributed by atoms with E-state index in [0.29, 0.717) is 23.6 Å². The van der Waals surface area contributed by atoms with Crippen LogP contribution < -0.4 is 5.32 Å². The van der Waals surface area contributed by atoms with Crippen molar-refractivity contribution in [2.24, 2.45) is 0 Å². The van der Waals surface area contributed by atoms with E-state index in [9.17, 15) is 9.59 Å². The number of Topliss-reactive ketones (excluding diaryl/α,β-unsaturated/α-hetero) is 1. The number of aryl methyl sites for hydroxylation is 3. The second-order valence-electron chi connectivity index (χ2n) is 6.78. The maximum absolute atomic E-state index is 12.7. The Kier molecular flexibility index (Phi) is 5.00. The molecule has 1 aliphatic rings. The lowest BCUT2D eigenvalue weighted by molar-refractivity contribution is -0.116. The van der Waals surface area contributed by atoms with Crippen LogP contribution in [0.25, 0.3) is 5.69 Å². The predicted octanol–water partition coefficient (Wildman–Crippen LogP) is 3.74. The minimum Gasteiger partial charge on any atom is -0.326 e. The van der Waals surface area contributed by atoms with Crippen LogP contribution in [-0.2, 0) is 11.2 Å². The summed E-state index contributed by atoms with van der Waals surface area (Å²) in [7, 11) is 0. The van der Waals surface area contributed by atoms with Crippen LogP contribution in [0, 0.1) is 13.8 Å². The van der Waals surface area contributed by atoms with E-state index in [4.69, 9.17) is 0 Å². The number of anilines is 1. The molecular formula is C21H20N4O2S. The lowest BCUT2D eigenvalue weighted by atomic mass is 9.99. The van der Waals surface area contributed by atoms with Crippen LogP contribution in [0.3, 0.4) is 0 Å². The maximum atomic E-state index is 12.7. The van der Waals surface area contributed by atoms with Crippen molar-refractivity contribution in [3.63, 3.8) is 0 Å². The standard InChI is InChI=1S/C21H20N4O2S/c1-13-5-3-4-6-18(13)25-14(2)23-24-21(25)28-12-19(26)16-7-9-17-15(11-16)8-10-20(27)22-17/h3-7,9,11H,8,10,12H2,1-2H3,(H,22,27). The molecule has 0 atom stereocenters. The molecule has 7 heteroatoms. The summed E-state index contributed by atoms with van der Waals surface area (Å²) in [6.07, 6.45) is 1.12. The molecule has 0 aliphatic carbocycles. The fourth-order valence-electron chi connectivity index (χ4n) is 3.30. The third kappa shape index (κ3) is 3.57. The topological polar surface area (TPSA) is 76.9 Å². The summed E-state index contributed by atoms with van der Waals surface area (Å²) in [6.45, 7) is 3.95. The van der Waals surface area contributed by atoms with Crippen LogP contribution in [0.1, 0.15) is 33.7 Å². The van der Waals surface area contributed by atoms with Crippen molar-refractivity contribution in [2.45, 2.75) is 31.8 Å². The van der Waals surface area contributed by atoms with Gasteiger partial charge in [0, 0.05) is 17.7 Å². The molecule has 142 valence electrons. The number of hydrogen-bond donors (Lipinski definition) is 1. The van der Waals surface area contributed by atoms with Crippen LogP contribution in [0.15, 0.2) is 47.6 Å². The van der Waals surface area contributed by atoms with Gasteiger partial charge in [0.15, 0.2) is 10.9 Å². The van der Waals surface area contributed by atoms with E-state index < -0.39 is 0 Å². The SMILES string of the molecule is Cc1ccccc1-n1c(C)nnc1SCC(=O)c1ccc2c(c1)CCC(=O)N2. The molecule has 2 heterocycles. The van der Waals surface area contributed by atoms with Gasteiger partial charge in [-0.05, 0) is 55.7 Å². The highest BCUT2D eigenvalue weighted by Crippen LogP contribution is 2.27. The number of ketones is 1. The van der Waals surface area contributed by atoms with E-state index in [1.807, 2.05) is 54.8 Å². The van der Waals surface area contributed by atoms with Crippen LogP contribution in [-0.4, -0.2) is 32.2 Å². The number of fused-ring (bicyclic) bond motifs is 1. The number of para-hydroxylation sites is 1. The summed E-state index contributed by atoms with van der Waals surface area (Å²) in [5, 5.41) is 12.0. The molecular weight excluding hydrogens is 372 g/mol. The van der Waals surface area contributed by atoms with Crippen molar-refractivity contribution >= 4 is 29.1 Å². The number of carbonyl (C=O) groups excluding carboxylic acids is 2. The van der Waals surface area contributed by atoms with E-state index in [2.05, 4.69) is 15.5 Å². The summed E-state index contributed by atoms with van der Waals surface area (Å²) in [4.78, 5) is 24.2. The normalized spacial score (nSPS) is 13.1. The molecule has 0 radical (unpaired) electrons. The van der Waals surface area contributed by atoms with E-state index in [0.717, 1.165) is 28.3 Å². The molecule has 6 nitrogen and oxygen atoms in total. The van der Waals surface area contributed by atoms with Crippen LogP contribution in [0.4, 0.5) is 5.69 Å².